The molecule has 1 heterocycles. The van der Waals surface area contributed by atoms with Crippen LogP contribution in [-0.4, -0.2) is 41.1 Å². The van der Waals surface area contributed by atoms with Gasteiger partial charge in [-0.15, -0.1) is 0 Å². The molecule has 1 saturated heterocycles. The Labute approximate surface area is 115 Å². The molecule has 1 saturated carbocycles. The highest BCUT2D eigenvalue weighted by molar-refractivity contribution is 7.98. The fourth-order valence-corrected chi connectivity index (χ4v) is 3.67. The number of amides is 1. The van der Waals surface area contributed by atoms with Crippen LogP contribution in [0.1, 0.15) is 46.0 Å². The summed E-state index contributed by atoms with van der Waals surface area (Å²) in [6.07, 6.45) is 7.92. The Hall–Kier alpha value is -0.220. The van der Waals surface area contributed by atoms with E-state index in [1.807, 2.05) is 11.8 Å². The van der Waals surface area contributed by atoms with Gasteiger partial charge in [-0.25, -0.2) is 0 Å². The smallest absolute Gasteiger partial charge is 0.244 e. The zero-order valence-corrected chi connectivity index (χ0v) is 12.7. The van der Waals surface area contributed by atoms with Gasteiger partial charge in [0.25, 0.3) is 0 Å². The van der Waals surface area contributed by atoms with Crippen molar-refractivity contribution < 1.29 is 4.79 Å². The van der Waals surface area contributed by atoms with Gasteiger partial charge in [0, 0.05) is 12.3 Å². The summed E-state index contributed by atoms with van der Waals surface area (Å²) in [5, 5.41) is 3.67. The van der Waals surface area contributed by atoms with Crippen molar-refractivity contribution in [3.05, 3.63) is 0 Å². The third-order valence-corrected chi connectivity index (χ3v) is 4.77. The minimum absolute atomic E-state index is 0.196. The first-order valence-electron chi connectivity index (χ1n) is 7.17. The van der Waals surface area contributed by atoms with Crippen molar-refractivity contribution in [3.63, 3.8) is 0 Å². The molecule has 1 unspecified atom stereocenters. The predicted octanol–water partition coefficient (Wildman–Crippen LogP) is 2.47. The molecule has 1 spiro atoms. The molecule has 4 heteroatoms. The number of nitrogens with zero attached hydrogens (tertiary/aromatic N) is 1. The molecule has 1 aliphatic carbocycles. The molecule has 1 amide bonds. The Balaban J connectivity index is 2.09. The topological polar surface area (TPSA) is 32.3 Å². The molecule has 1 atom stereocenters. The van der Waals surface area contributed by atoms with Crippen molar-refractivity contribution in [2.24, 2.45) is 5.92 Å². The lowest BCUT2D eigenvalue weighted by atomic mass is 9.98. The Morgan fingerprint density at radius 2 is 2.11 bits per heavy atom. The molecule has 0 aromatic carbocycles. The van der Waals surface area contributed by atoms with Crippen molar-refractivity contribution in [3.8, 4) is 0 Å². The van der Waals surface area contributed by atoms with Crippen molar-refractivity contribution in [2.45, 2.75) is 57.7 Å². The number of thioether (sulfide) groups is 1. The Morgan fingerprint density at radius 3 is 2.67 bits per heavy atom. The second-order valence-corrected chi connectivity index (χ2v) is 7.06. The summed E-state index contributed by atoms with van der Waals surface area (Å²) in [5.74, 6) is 2.04. The van der Waals surface area contributed by atoms with Gasteiger partial charge in [-0.05, 0) is 31.4 Å². The summed E-state index contributed by atoms with van der Waals surface area (Å²) in [4.78, 5) is 14.8. The number of carbonyl (C=O) groups is 1. The average Bonchev–Trinajstić information content (AvgIpc) is 2.86. The van der Waals surface area contributed by atoms with Gasteiger partial charge in [-0.3, -0.25) is 10.1 Å². The second kappa shape index (κ2) is 5.83. The minimum atomic E-state index is -0.196. The predicted molar refractivity (Wildman–Crippen MR) is 77.7 cm³/mol. The lowest BCUT2D eigenvalue weighted by Crippen LogP contribution is -2.44. The van der Waals surface area contributed by atoms with Gasteiger partial charge in [-0.1, -0.05) is 26.7 Å². The van der Waals surface area contributed by atoms with E-state index in [4.69, 9.17) is 0 Å². The third kappa shape index (κ3) is 2.69. The zero-order chi connectivity index (χ0) is 13.2. The van der Waals surface area contributed by atoms with Crippen molar-refractivity contribution >= 4 is 17.7 Å². The van der Waals surface area contributed by atoms with Crippen molar-refractivity contribution in [1.29, 1.82) is 0 Å². The number of carbonyl (C=O) groups excluding carboxylic acids is 1. The van der Waals surface area contributed by atoms with E-state index >= 15 is 0 Å². The molecule has 104 valence electrons. The maximum Gasteiger partial charge on any atom is 0.244 e. The van der Waals surface area contributed by atoms with Crippen LogP contribution in [0.3, 0.4) is 0 Å². The highest BCUT2D eigenvalue weighted by atomic mass is 32.2. The van der Waals surface area contributed by atoms with Crippen molar-refractivity contribution in [2.75, 3.05) is 18.6 Å². The van der Waals surface area contributed by atoms with Gasteiger partial charge in [-0.2, -0.15) is 11.8 Å². The fraction of sp³-hybridized carbons (Fsp3) is 0.929. The molecule has 18 heavy (non-hydrogen) atoms. The van der Waals surface area contributed by atoms with Gasteiger partial charge < -0.3 is 4.90 Å². The van der Waals surface area contributed by atoms with Crippen LogP contribution >= 0.6 is 11.8 Å². The second-order valence-electron chi connectivity index (χ2n) is 6.07. The van der Waals surface area contributed by atoms with Crippen LogP contribution in [0.2, 0.25) is 0 Å². The lowest BCUT2D eigenvalue weighted by molar-refractivity contribution is -0.133. The average molecular weight is 270 g/mol. The monoisotopic (exact) mass is 270 g/mol. The molecule has 0 aromatic heterocycles. The van der Waals surface area contributed by atoms with E-state index < -0.39 is 0 Å². The Morgan fingerprint density at radius 1 is 1.44 bits per heavy atom. The minimum Gasteiger partial charge on any atom is -0.325 e. The van der Waals surface area contributed by atoms with E-state index in [-0.39, 0.29) is 11.7 Å². The van der Waals surface area contributed by atoms with Crippen molar-refractivity contribution in [1.82, 2.24) is 10.2 Å². The Bertz CT molecular complexity index is 300. The van der Waals surface area contributed by atoms with Gasteiger partial charge in [0.05, 0.1) is 11.7 Å². The van der Waals surface area contributed by atoms with Gasteiger partial charge in [0.15, 0.2) is 0 Å². The first-order valence-corrected chi connectivity index (χ1v) is 8.56. The van der Waals surface area contributed by atoms with Crippen LogP contribution < -0.4 is 5.32 Å². The van der Waals surface area contributed by atoms with E-state index in [0.717, 1.165) is 31.6 Å². The fourth-order valence-electron chi connectivity index (χ4n) is 3.29. The maximum absolute atomic E-state index is 12.7. The first-order chi connectivity index (χ1) is 8.59. The largest absolute Gasteiger partial charge is 0.325 e. The number of nitrogens with one attached hydrogen (secondary N) is 1. The molecule has 2 fully saturated rings. The molecule has 0 bridgehead atoms. The van der Waals surface area contributed by atoms with Crippen LogP contribution in [0.4, 0.5) is 0 Å². The number of hydrogen-bond donors (Lipinski definition) is 1. The molecular weight excluding hydrogens is 244 g/mol. The van der Waals surface area contributed by atoms with Crippen LogP contribution in [0.15, 0.2) is 0 Å². The number of hydrogen-bond acceptors (Lipinski definition) is 3. The molecule has 1 aliphatic heterocycles. The van der Waals surface area contributed by atoms with Crippen LogP contribution in [0.5, 0.6) is 0 Å². The summed E-state index contributed by atoms with van der Waals surface area (Å²) in [6.45, 7) is 5.36. The van der Waals surface area contributed by atoms with E-state index in [1.54, 1.807) is 0 Å². The summed E-state index contributed by atoms with van der Waals surface area (Å²) >= 11 is 1.82. The standard InChI is InChI=1S/C14H26N2OS/c1-11(2)10-12-15-14(6-4-5-7-14)13(17)16(12)8-9-18-3/h11-12,15H,4-10H2,1-3H3. The van der Waals surface area contributed by atoms with E-state index in [1.165, 1.54) is 12.8 Å². The molecule has 2 rings (SSSR count). The summed E-state index contributed by atoms with van der Waals surface area (Å²) in [5.41, 5.74) is -0.196. The molecule has 0 aromatic rings. The SMILES string of the molecule is CSCCN1C(=O)C2(CCCC2)NC1CC(C)C. The third-order valence-electron chi connectivity index (χ3n) is 4.18. The highest BCUT2D eigenvalue weighted by Crippen LogP contribution is 2.37. The number of rotatable bonds is 5. The zero-order valence-electron chi connectivity index (χ0n) is 11.9. The molecule has 1 N–H and O–H groups in total. The lowest BCUT2D eigenvalue weighted by Gasteiger charge is -2.25. The summed E-state index contributed by atoms with van der Waals surface area (Å²) in [7, 11) is 0. The Kier molecular flexibility index (Phi) is 4.59. The van der Waals surface area contributed by atoms with Crippen LogP contribution in [0.25, 0.3) is 0 Å². The van der Waals surface area contributed by atoms with Gasteiger partial charge >= 0.3 is 0 Å². The van der Waals surface area contributed by atoms with E-state index in [0.29, 0.717) is 11.8 Å². The first kappa shape index (κ1) is 14.2. The quantitative estimate of drug-likeness (QED) is 0.833. The van der Waals surface area contributed by atoms with Gasteiger partial charge in [0.1, 0.15) is 0 Å². The van der Waals surface area contributed by atoms with E-state index in [9.17, 15) is 4.79 Å². The summed E-state index contributed by atoms with van der Waals surface area (Å²) in [6, 6.07) is 0. The molecular formula is C14H26N2OS. The van der Waals surface area contributed by atoms with Crippen LogP contribution in [0, 0.1) is 5.92 Å². The summed E-state index contributed by atoms with van der Waals surface area (Å²) < 4.78 is 0. The molecule has 0 radical (unpaired) electrons. The highest BCUT2D eigenvalue weighted by Gasteiger charge is 2.51. The maximum atomic E-state index is 12.7. The normalized spacial score (nSPS) is 26.8. The molecule has 3 nitrogen and oxygen atoms in total. The molecule has 2 aliphatic rings. The van der Waals surface area contributed by atoms with Crippen LogP contribution in [-0.2, 0) is 4.79 Å². The van der Waals surface area contributed by atoms with Gasteiger partial charge in [0.2, 0.25) is 5.91 Å². The van der Waals surface area contributed by atoms with E-state index in [2.05, 4.69) is 30.3 Å².